The molecule has 5 rings (SSSR count). The maximum atomic E-state index is 13.1. The molecule has 0 fully saturated rings. The van der Waals surface area contributed by atoms with E-state index in [9.17, 15) is 4.39 Å². The number of benzene rings is 3. The predicted octanol–water partition coefficient (Wildman–Crippen LogP) is 8.18. The van der Waals surface area contributed by atoms with Gasteiger partial charge in [-0.3, -0.25) is 4.40 Å². The van der Waals surface area contributed by atoms with E-state index in [0.29, 0.717) is 6.54 Å². The van der Waals surface area contributed by atoms with Crippen LogP contribution in [0.2, 0.25) is 0 Å². The van der Waals surface area contributed by atoms with E-state index in [2.05, 4.69) is 88.3 Å². The van der Waals surface area contributed by atoms with Crippen LogP contribution < -0.4 is 11.1 Å². The number of fused-ring (bicyclic) bond motifs is 1. The van der Waals surface area contributed by atoms with Crippen molar-refractivity contribution in [1.82, 2.24) is 9.38 Å². The Labute approximate surface area is 218 Å². The van der Waals surface area contributed by atoms with Gasteiger partial charge in [0.15, 0.2) is 0 Å². The molecule has 3 aromatic carbocycles. The number of halogens is 1. The molecule has 0 unspecified atom stereocenters. The average molecular weight is 493 g/mol. The van der Waals surface area contributed by atoms with E-state index >= 15 is 0 Å². The molecule has 0 radical (unpaired) electrons. The van der Waals surface area contributed by atoms with Crippen molar-refractivity contribution >= 4 is 17.4 Å². The molecule has 0 bridgehead atoms. The number of rotatable bonds is 6. The number of anilines is 1. The summed E-state index contributed by atoms with van der Waals surface area (Å²) < 4.78 is 15.2. The zero-order valence-corrected chi connectivity index (χ0v) is 21.4. The second-order valence-electron chi connectivity index (χ2n) is 7.91. The van der Waals surface area contributed by atoms with E-state index in [1.165, 1.54) is 18.3 Å². The van der Waals surface area contributed by atoms with Crippen molar-refractivity contribution < 1.29 is 4.39 Å². The zero-order chi connectivity index (χ0) is 26.6. The Morgan fingerprint density at radius 2 is 1.59 bits per heavy atom. The van der Waals surface area contributed by atoms with Gasteiger partial charge in [0.1, 0.15) is 11.5 Å². The lowest BCUT2D eigenvalue weighted by Gasteiger charge is -2.09. The van der Waals surface area contributed by atoms with Crippen molar-refractivity contribution in [3.63, 3.8) is 0 Å². The first-order valence-electron chi connectivity index (χ1n) is 12.2. The molecule has 5 heteroatoms. The molecule has 188 valence electrons. The summed E-state index contributed by atoms with van der Waals surface area (Å²) in [5.74, 6) is -0.222. The Morgan fingerprint density at radius 3 is 2.27 bits per heavy atom. The maximum absolute atomic E-state index is 13.1. The minimum Gasteiger partial charge on any atom is -0.405 e. The number of hydrogen-bond acceptors (Lipinski definition) is 3. The van der Waals surface area contributed by atoms with Gasteiger partial charge in [0.25, 0.3) is 0 Å². The monoisotopic (exact) mass is 492 g/mol. The Kier molecular flexibility index (Phi) is 9.80. The highest BCUT2D eigenvalue weighted by atomic mass is 19.1. The number of aromatic nitrogens is 2. The molecular formula is C32H33FN4. The molecule has 2 aromatic heterocycles. The molecule has 0 spiro atoms. The summed E-state index contributed by atoms with van der Waals surface area (Å²) in [6.45, 7) is 11.6. The van der Waals surface area contributed by atoms with Crippen LogP contribution >= 0.6 is 0 Å². The number of nitrogens with one attached hydrogen (secondary N) is 1. The highest BCUT2D eigenvalue weighted by molar-refractivity contribution is 5.73. The lowest BCUT2D eigenvalue weighted by atomic mass is 10.0. The van der Waals surface area contributed by atoms with Crippen LogP contribution in [-0.4, -0.2) is 9.38 Å². The van der Waals surface area contributed by atoms with Crippen LogP contribution in [0.1, 0.15) is 25.0 Å². The summed E-state index contributed by atoms with van der Waals surface area (Å²) >= 11 is 0. The van der Waals surface area contributed by atoms with Crippen LogP contribution in [0.4, 0.5) is 10.1 Å². The quantitative estimate of drug-likeness (QED) is 0.251. The lowest BCUT2D eigenvalue weighted by molar-refractivity contribution is 0.627. The van der Waals surface area contributed by atoms with E-state index in [4.69, 9.17) is 0 Å². The average Bonchev–Trinajstić information content (AvgIpc) is 3.38. The summed E-state index contributed by atoms with van der Waals surface area (Å²) in [5, 5.41) is 3.41. The second-order valence-corrected chi connectivity index (χ2v) is 7.91. The van der Waals surface area contributed by atoms with Crippen molar-refractivity contribution in [3.05, 3.63) is 134 Å². The molecule has 5 aromatic rings. The van der Waals surface area contributed by atoms with E-state index in [1.54, 1.807) is 12.1 Å². The van der Waals surface area contributed by atoms with Crippen LogP contribution in [-0.2, 0) is 6.54 Å². The normalized spacial score (nSPS) is 9.92. The number of imidazole rings is 1. The molecule has 0 amide bonds. The summed E-state index contributed by atoms with van der Waals surface area (Å²) in [5.41, 5.74) is 13.0. The van der Waals surface area contributed by atoms with Gasteiger partial charge in [-0.2, -0.15) is 0 Å². The molecule has 0 atom stereocenters. The van der Waals surface area contributed by atoms with Crippen LogP contribution in [0.25, 0.3) is 34.1 Å². The Morgan fingerprint density at radius 1 is 0.892 bits per heavy atom. The number of hydrogen-bond donors (Lipinski definition) is 2. The fourth-order valence-electron chi connectivity index (χ4n) is 3.78. The molecular weight excluding hydrogens is 459 g/mol. The lowest BCUT2D eigenvalue weighted by Crippen LogP contribution is -1.99. The van der Waals surface area contributed by atoms with Gasteiger partial charge in [-0.1, -0.05) is 81.6 Å². The van der Waals surface area contributed by atoms with Gasteiger partial charge < -0.3 is 11.1 Å². The van der Waals surface area contributed by atoms with Gasteiger partial charge in [0.05, 0.1) is 11.9 Å². The third-order valence-corrected chi connectivity index (χ3v) is 5.56. The van der Waals surface area contributed by atoms with Gasteiger partial charge in [0.2, 0.25) is 0 Å². The predicted molar refractivity (Wildman–Crippen MR) is 156 cm³/mol. The zero-order valence-electron chi connectivity index (χ0n) is 21.4. The van der Waals surface area contributed by atoms with E-state index < -0.39 is 0 Å². The maximum Gasteiger partial charge on any atom is 0.137 e. The van der Waals surface area contributed by atoms with E-state index in [0.717, 1.165) is 44.8 Å². The Bertz CT molecular complexity index is 1430. The molecule has 0 saturated heterocycles. The van der Waals surface area contributed by atoms with Crippen molar-refractivity contribution in [2.45, 2.75) is 20.4 Å². The molecule has 2 heterocycles. The second kappa shape index (κ2) is 13.4. The van der Waals surface area contributed by atoms with Gasteiger partial charge in [-0.15, -0.1) is 0 Å². The Hall–Kier alpha value is -4.64. The minimum atomic E-state index is -0.222. The highest BCUT2D eigenvalue weighted by Gasteiger charge is 2.08. The van der Waals surface area contributed by atoms with Crippen molar-refractivity contribution in [1.29, 1.82) is 0 Å². The van der Waals surface area contributed by atoms with Gasteiger partial charge in [-0.25, -0.2) is 9.37 Å². The van der Waals surface area contributed by atoms with E-state index in [-0.39, 0.29) is 5.82 Å². The first kappa shape index (κ1) is 27.0. The van der Waals surface area contributed by atoms with Crippen molar-refractivity contribution in [2.24, 2.45) is 5.73 Å². The molecule has 0 aliphatic heterocycles. The highest BCUT2D eigenvalue weighted by Crippen LogP contribution is 2.27. The van der Waals surface area contributed by atoms with Gasteiger partial charge in [-0.05, 0) is 64.9 Å². The van der Waals surface area contributed by atoms with Crippen LogP contribution in [0.3, 0.4) is 0 Å². The topological polar surface area (TPSA) is 55.4 Å². The molecule has 0 aliphatic carbocycles. The summed E-state index contributed by atoms with van der Waals surface area (Å²) in [4.78, 5) is 4.64. The van der Waals surface area contributed by atoms with E-state index in [1.807, 2.05) is 38.3 Å². The third kappa shape index (κ3) is 6.95. The largest absolute Gasteiger partial charge is 0.405 e. The summed E-state index contributed by atoms with van der Waals surface area (Å²) in [6.07, 6.45) is 7.06. The molecule has 37 heavy (non-hydrogen) atoms. The minimum absolute atomic E-state index is 0.222. The fourth-order valence-corrected chi connectivity index (χ4v) is 3.78. The molecule has 0 saturated carbocycles. The summed E-state index contributed by atoms with van der Waals surface area (Å²) in [7, 11) is 0. The SMILES string of the molecule is C=CN.C=Cc1ccc(-c2ccn3c(-c4cccc(NCc5ccc(F)cc5)c4)cnc3c2)cc1.CC. The summed E-state index contributed by atoms with van der Waals surface area (Å²) in [6, 6.07) is 27.3. The smallest absolute Gasteiger partial charge is 0.137 e. The number of nitrogens with zero attached hydrogens (tertiary/aromatic N) is 2. The van der Waals surface area contributed by atoms with Crippen LogP contribution in [0, 0.1) is 5.82 Å². The van der Waals surface area contributed by atoms with Crippen molar-refractivity contribution in [3.8, 4) is 22.4 Å². The van der Waals surface area contributed by atoms with Crippen LogP contribution in [0.15, 0.2) is 117 Å². The molecule has 4 nitrogen and oxygen atoms in total. The first-order valence-corrected chi connectivity index (χ1v) is 12.2. The standard InChI is InChI=1S/C28H22FN3.C2H5N.C2H6/c1-2-20-6-10-22(11-7-20)23-14-15-32-27(19-31-28(32)17-23)24-4-3-5-26(16-24)30-18-21-8-12-25(29)13-9-21;1-2-3;1-2/h2-17,19,30H,1,18H2;2H,1,3H2;1-2H3. The number of pyridine rings is 1. The Balaban J connectivity index is 0.000000711. The number of nitrogens with two attached hydrogens (primary N) is 1. The van der Waals surface area contributed by atoms with Gasteiger partial charge >= 0.3 is 0 Å². The van der Waals surface area contributed by atoms with Gasteiger partial charge in [0, 0.05) is 24.0 Å². The fraction of sp³-hybridized carbons (Fsp3) is 0.0938. The van der Waals surface area contributed by atoms with Crippen LogP contribution in [0.5, 0.6) is 0 Å². The molecule has 0 aliphatic rings. The third-order valence-electron chi connectivity index (χ3n) is 5.56. The first-order chi connectivity index (χ1) is 18.1. The van der Waals surface area contributed by atoms with Crippen molar-refractivity contribution in [2.75, 3.05) is 5.32 Å². The molecule has 3 N–H and O–H groups in total.